The van der Waals surface area contributed by atoms with E-state index in [1.165, 1.54) is 148 Å². The molecule has 36 heavy (non-hydrogen) atoms. The monoisotopic (exact) mass is 535 g/mol. The second-order valence-corrected chi connectivity index (χ2v) is 12.2. The molecule has 0 aromatic rings. The van der Waals surface area contributed by atoms with Crippen LogP contribution in [0.15, 0.2) is 0 Å². The molecule has 1 unspecified atom stereocenters. The van der Waals surface area contributed by atoms with E-state index in [4.69, 9.17) is 0 Å². The zero-order valence-corrected chi connectivity index (χ0v) is 26.1. The molecule has 0 fully saturated rings. The maximum atomic E-state index is 9.45. The van der Waals surface area contributed by atoms with E-state index in [1.807, 2.05) is 4.90 Å². The molecule has 0 aromatic carbocycles. The van der Waals surface area contributed by atoms with Crippen LogP contribution in [0.25, 0.3) is 0 Å². The van der Waals surface area contributed by atoms with Gasteiger partial charge in [0.25, 0.3) is 0 Å². The number of unbranched alkanes of at least 4 members (excludes halogenated alkanes) is 17. The Kier molecular flexibility index (Phi) is 27.9. The number of quaternary nitrogens is 1. The summed E-state index contributed by atoms with van der Waals surface area (Å²) in [6, 6.07) is 0. The molecule has 5 nitrogen and oxygen atoms in total. The Bertz CT molecular complexity index is 537. The van der Waals surface area contributed by atoms with Crippen LogP contribution in [-0.4, -0.2) is 38.2 Å². The topological polar surface area (TPSA) is 70.9 Å². The fourth-order valence-corrected chi connectivity index (χ4v) is 5.31. The van der Waals surface area contributed by atoms with Crippen molar-refractivity contribution in [3.63, 3.8) is 0 Å². The van der Waals surface area contributed by atoms with Crippen LogP contribution in [-0.2, 0) is 14.6 Å². The van der Waals surface area contributed by atoms with Gasteiger partial charge in [-0.3, -0.25) is 4.18 Å². The van der Waals surface area contributed by atoms with Gasteiger partial charge in [0, 0.05) is 6.42 Å². The van der Waals surface area contributed by atoms with Gasteiger partial charge in [-0.05, 0) is 47.0 Å². The van der Waals surface area contributed by atoms with Crippen molar-refractivity contribution in [3.8, 4) is 0 Å². The largest absolute Gasteiger partial charge is 0.726 e. The molecule has 0 aliphatic carbocycles. The Morgan fingerprint density at radius 1 is 0.611 bits per heavy atom. The Hall–Kier alpha value is -0.170. The first-order chi connectivity index (χ1) is 17.1. The summed E-state index contributed by atoms with van der Waals surface area (Å²) in [5.41, 5.74) is 0.467. The molecule has 0 rings (SSSR count). The molecular weight excluding hydrogens is 470 g/mol. The van der Waals surface area contributed by atoms with E-state index in [9.17, 15) is 13.0 Å². The van der Waals surface area contributed by atoms with E-state index in [0.29, 0.717) is 5.54 Å². The average molecular weight is 536 g/mol. The molecule has 0 bridgehead atoms. The summed E-state index contributed by atoms with van der Waals surface area (Å²) >= 11 is 0. The summed E-state index contributed by atoms with van der Waals surface area (Å²) in [6.07, 6.45) is 28.9. The van der Waals surface area contributed by atoms with Crippen molar-refractivity contribution in [3.05, 3.63) is 0 Å². The molecule has 0 saturated heterocycles. The van der Waals surface area contributed by atoms with E-state index in [0.717, 1.165) is 0 Å². The van der Waals surface area contributed by atoms with Gasteiger partial charge in [0.2, 0.25) is 10.4 Å². The third-order valence-corrected chi connectivity index (χ3v) is 7.91. The Labute approximate surface area is 227 Å². The minimum absolute atomic E-state index is 0.0914. The van der Waals surface area contributed by atoms with Crippen molar-refractivity contribution in [2.75, 3.05) is 19.7 Å². The molecule has 1 atom stereocenters. The second kappa shape index (κ2) is 26.4. The van der Waals surface area contributed by atoms with Crippen molar-refractivity contribution in [1.29, 1.82) is 0 Å². The van der Waals surface area contributed by atoms with E-state index in [1.54, 1.807) is 0 Å². The SMILES string of the molecule is CCCCCCCCCCCC[NH+](CC)C(C)(C)CCCCCCCCCCC.CCOS(=O)(=O)[O-]. The van der Waals surface area contributed by atoms with Crippen molar-refractivity contribution >= 4 is 10.4 Å². The highest BCUT2D eigenvalue weighted by atomic mass is 32.3. The smallest absolute Gasteiger partial charge is 0.217 e. The van der Waals surface area contributed by atoms with E-state index in [2.05, 4.69) is 38.8 Å². The van der Waals surface area contributed by atoms with Crippen LogP contribution >= 0.6 is 0 Å². The highest BCUT2D eigenvalue weighted by molar-refractivity contribution is 7.80. The number of hydrogen-bond donors (Lipinski definition) is 1. The van der Waals surface area contributed by atoms with E-state index in [-0.39, 0.29) is 6.61 Å². The maximum Gasteiger partial charge on any atom is 0.217 e. The van der Waals surface area contributed by atoms with Crippen molar-refractivity contribution in [2.24, 2.45) is 0 Å². The summed E-state index contributed by atoms with van der Waals surface area (Å²) in [6.45, 7) is 16.1. The lowest BCUT2D eigenvalue weighted by molar-refractivity contribution is -0.948. The molecule has 0 amide bonds. The van der Waals surface area contributed by atoms with Gasteiger partial charge >= 0.3 is 0 Å². The third-order valence-electron chi connectivity index (χ3n) is 7.38. The van der Waals surface area contributed by atoms with Crippen LogP contribution in [0.5, 0.6) is 0 Å². The lowest BCUT2D eigenvalue weighted by Crippen LogP contribution is -3.19. The fraction of sp³-hybridized carbons (Fsp3) is 1.00. The lowest BCUT2D eigenvalue weighted by atomic mass is 9.93. The quantitative estimate of drug-likeness (QED) is 0.0730. The van der Waals surface area contributed by atoms with Gasteiger partial charge < -0.3 is 9.45 Å². The van der Waals surface area contributed by atoms with Crippen molar-refractivity contribution < 1.29 is 22.1 Å². The average Bonchev–Trinajstić information content (AvgIpc) is 2.81. The third kappa shape index (κ3) is 28.4. The zero-order valence-electron chi connectivity index (χ0n) is 25.3. The van der Waals surface area contributed by atoms with Gasteiger partial charge in [-0.25, -0.2) is 8.42 Å². The van der Waals surface area contributed by atoms with Crippen LogP contribution in [0, 0.1) is 0 Å². The molecule has 0 saturated carbocycles. The molecular formula is C30H65NO4S. The molecule has 0 heterocycles. The van der Waals surface area contributed by atoms with Crippen LogP contribution in [0.3, 0.4) is 0 Å². The number of hydrogen-bond acceptors (Lipinski definition) is 4. The minimum Gasteiger partial charge on any atom is -0.726 e. The normalized spacial score (nSPS) is 12.9. The molecule has 0 spiro atoms. The van der Waals surface area contributed by atoms with Gasteiger partial charge in [-0.1, -0.05) is 117 Å². The van der Waals surface area contributed by atoms with E-state index >= 15 is 0 Å². The summed E-state index contributed by atoms with van der Waals surface area (Å²) < 4.78 is 32.0. The molecule has 0 aromatic heterocycles. The van der Waals surface area contributed by atoms with Crippen LogP contribution in [0.2, 0.25) is 0 Å². The highest BCUT2D eigenvalue weighted by Crippen LogP contribution is 2.15. The van der Waals surface area contributed by atoms with Crippen molar-refractivity contribution in [2.45, 2.75) is 175 Å². The summed E-state index contributed by atoms with van der Waals surface area (Å²) in [5.74, 6) is 0. The molecule has 0 radical (unpaired) electrons. The number of nitrogens with one attached hydrogen (secondary N) is 1. The molecule has 0 aliphatic heterocycles. The summed E-state index contributed by atoms with van der Waals surface area (Å²) in [7, 11) is -4.42. The van der Waals surface area contributed by atoms with Crippen molar-refractivity contribution in [1.82, 2.24) is 0 Å². The molecule has 1 N–H and O–H groups in total. The molecule has 0 aliphatic rings. The van der Waals surface area contributed by atoms with Crippen LogP contribution in [0.4, 0.5) is 0 Å². The van der Waals surface area contributed by atoms with E-state index < -0.39 is 10.4 Å². The second-order valence-electron chi connectivity index (χ2n) is 11.2. The highest BCUT2D eigenvalue weighted by Gasteiger charge is 2.28. The first-order valence-corrected chi connectivity index (χ1v) is 16.9. The van der Waals surface area contributed by atoms with Crippen LogP contribution < -0.4 is 4.90 Å². The lowest BCUT2D eigenvalue weighted by Gasteiger charge is -2.35. The zero-order chi connectivity index (χ0) is 27.5. The van der Waals surface area contributed by atoms with Crippen LogP contribution in [0.1, 0.15) is 170 Å². The predicted octanol–water partition coefficient (Wildman–Crippen LogP) is 7.99. The van der Waals surface area contributed by atoms with Gasteiger partial charge in [0.15, 0.2) is 0 Å². The first-order valence-electron chi connectivity index (χ1n) is 15.6. The van der Waals surface area contributed by atoms with Gasteiger partial charge in [0.05, 0.1) is 25.2 Å². The Morgan fingerprint density at radius 3 is 1.28 bits per heavy atom. The Morgan fingerprint density at radius 2 is 0.972 bits per heavy atom. The Balaban J connectivity index is 0. The van der Waals surface area contributed by atoms with Gasteiger partial charge in [0.1, 0.15) is 0 Å². The molecule has 220 valence electrons. The van der Waals surface area contributed by atoms with Gasteiger partial charge in [-0.15, -0.1) is 0 Å². The van der Waals surface area contributed by atoms with Gasteiger partial charge in [-0.2, -0.15) is 0 Å². The maximum absolute atomic E-state index is 9.45. The summed E-state index contributed by atoms with van der Waals surface area (Å²) in [5, 5.41) is 0. The fourth-order valence-electron chi connectivity index (χ4n) is 5.02. The first kappa shape index (κ1) is 38.0. The summed E-state index contributed by atoms with van der Waals surface area (Å²) in [4.78, 5) is 1.84. The number of rotatable bonds is 25. The standard InChI is InChI=1S/C28H59N.C2H6O4S/c1-6-9-11-13-15-17-19-21-23-25-27-29(8-3)28(4,5)26-24-22-20-18-16-14-12-10-7-2;1-2-6-7(3,4)5/h6-27H2,1-5H3;2H2,1H3,(H,3,4,5). The minimum atomic E-state index is -4.42. The predicted molar refractivity (Wildman–Crippen MR) is 155 cm³/mol. The molecule has 6 heteroatoms.